The van der Waals surface area contributed by atoms with E-state index in [9.17, 15) is 23.1 Å². The molecular formula is C23H26ClN5O6S. The lowest BCUT2D eigenvalue weighted by molar-refractivity contribution is 0.0570. The Kier molecular flexibility index (Phi) is 6.52. The number of nitrogens with zero attached hydrogens (tertiary/aromatic N) is 3. The van der Waals surface area contributed by atoms with Crippen LogP contribution in [0.5, 0.6) is 0 Å². The van der Waals surface area contributed by atoms with Crippen LogP contribution in [0.1, 0.15) is 50.8 Å². The van der Waals surface area contributed by atoms with Crippen molar-refractivity contribution in [1.82, 2.24) is 14.1 Å². The number of nitrogens with two attached hydrogens (primary N) is 1. The molecule has 0 radical (unpaired) electrons. The van der Waals surface area contributed by atoms with Crippen molar-refractivity contribution in [3.8, 4) is 0 Å². The van der Waals surface area contributed by atoms with Crippen LogP contribution >= 0.6 is 11.6 Å². The van der Waals surface area contributed by atoms with Gasteiger partial charge in [0.05, 0.1) is 28.6 Å². The molecule has 2 heterocycles. The van der Waals surface area contributed by atoms with Crippen LogP contribution in [-0.4, -0.2) is 40.7 Å². The lowest BCUT2D eigenvalue weighted by Gasteiger charge is -2.22. The summed E-state index contributed by atoms with van der Waals surface area (Å²) >= 11 is 6.30. The first-order valence-electron chi connectivity index (χ1n) is 11.1. The van der Waals surface area contributed by atoms with Crippen molar-refractivity contribution in [2.24, 2.45) is 0 Å². The molecule has 2 amide bonds. The highest BCUT2D eigenvalue weighted by atomic mass is 35.5. The maximum absolute atomic E-state index is 12.7. The molecule has 1 aliphatic carbocycles. The molecule has 1 saturated carbocycles. The number of hydrogen-bond donors (Lipinski definition) is 3. The van der Waals surface area contributed by atoms with Gasteiger partial charge in [0.2, 0.25) is 0 Å². The topological polar surface area (TPSA) is 156 Å². The summed E-state index contributed by atoms with van der Waals surface area (Å²) in [6.07, 6.45) is 3.49. The second kappa shape index (κ2) is 9.17. The van der Waals surface area contributed by atoms with Gasteiger partial charge in [-0.25, -0.2) is 27.7 Å². The average molecular weight is 536 g/mol. The molecule has 3 aromatic rings. The number of fused-ring (bicyclic) bond motifs is 1. The molecule has 2 aromatic heterocycles. The molecule has 4 N–H and O–H groups in total. The van der Waals surface area contributed by atoms with Gasteiger partial charge in [-0.3, -0.25) is 4.90 Å². The van der Waals surface area contributed by atoms with Gasteiger partial charge in [0.15, 0.2) is 0 Å². The van der Waals surface area contributed by atoms with Crippen molar-refractivity contribution >= 4 is 50.8 Å². The summed E-state index contributed by atoms with van der Waals surface area (Å²) in [5.74, 6) is 0.553. The quantitative estimate of drug-likeness (QED) is 0.393. The van der Waals surface area contributed by atoms with Crippen molar-refractivity contribution in [2.75, 3.05) is 10.6 Å². The molecule has 1 aliphatic rings. The Balaban J connectivity index is 1.60. The molecule has 0 saturated heterocycles. The summed E-state index contributed by atoms with van der Waals surface area (Å²) in [7, 11) is -4.45. The molecule has 0 unspecified atom stereocenters. The second-order valence-corrected chi connectivity index (χ2v) is 11.6. The van der Waals surface area contributed by atoms with E-state index in [0.717, 1.165) is 29.9 Å². The number of sulfonamides is 1. The lowest BCUT2D eigenvalue weighted by atomic mass is 10.2. The van der Waals surface area contributed by atoms with Gasteiger partial charge in [0, 0.05) is 12.4 Å². The Labute approximate surface area is 212 Å². The maximum atomic E-state index is 12.7. The predicted molar refractivity (Wildman–Crippen MR) is 134 cm³/mol. The van der Waals surface area contributed by atoms with E-state index in [-0.39, 0.29) is 22.9 Å². The zero-order valence-corrected chi connectivity index (χ0v) is 21.4. The van der Waals surface area contributed by atoms with Crippen LogP contribution in [0.3, 0.4) is 0 Å². The smallest absolute Gasteiger partial charge is 0.421 e. The van der Waals surface area contributed by atoms with Crippen molar-refractivity contribution in [1.29, 1.82) is 0 Å². The fourth-order valence-corrected chi connectivity index (χ4v) is 5.02. The lowest BCUT2D eigenvalue weighted by Crippen LogP contribution is -2.36. The van der Waals surface area contributed by atoms with E-state index in [1.165, 1.54) is 5.56 Å². The highest BCUT2D eigenvalue weighted by molar-refractivity contribution is 7.90. The SMILES string of the molecule is CC(C)(C)OC(=O)NS(=O)(=O)c1cc(Cl)c(N(Cc2cn3cc(C4CC4)ccc3n2)C(=O)O)cc1N. The van der Waals surface area contributed by atoms with Gasteiger partial charge in [-0.05, 0) is 63.3 Å². The Hall–Kier alpha value is -3.51. The van der Waals surface area contributed by atoms with Gasteiger partial charge in [0.25, 0.3) is 10.0 Å². The molecule has 0 atom stereocenters. The van der Waals surface area contributed by atoms with E-state index in [4.69, 9.17) is 22.1 Å². The number of anilines is 2. The number of imidazole rings is 1. The number of amides is 2. The molecule has 1 fully saturated rings. The number of halogens is 1. The first-order valence-corrected chi connectivity index (χ1v) is 12.9. The summed E-state index contributed by atoms with van der Waals surface area (Å²) < 4.78 is 34.0. The first kappa shape index (κ1) is 25.6. The summed E-state index contributed by atoms with van der Waals surface area (Å²) in [4.78, 5) is 29.0. The van der Waals surface area contributed by atoms with Crippen molar-refractivity contribution in [3.05, 3.63) is 52.9 Å². The van der Waals surface area contributed by atoms with Crippen LogP contribution in [0.4, 0.5) is 21.0 Å². The monoisotopic (exact) mass is 535 g/mol. The number of carboxylic acid groups (broad SMARTS) is 1. The minimum Gasteiger partial charge on any atom is -0.465 e. The van der Waals surface area contributed by atoms with Gasteiger partial charge in [-0.2, -0.15) is 0 Å². The normalized spacial score (nSPS) is 14.0. The zero-order chi connectivity index (χ0) is 26.4. The van der Waals surface area contributed by atoms with E-state index in [0.29, 0.717) is 17.3 Å². The number of aromatic nitrogens is 2. The minimum atomic E-state index is -4.45. The number of pyridine rings is 1. The number of rotatable bonds is 6. The number of nitrogens with one attached hydrogen (secondary N) is 1. The summed E-state index contributed by atoms with van der Waals surface area (Å²) in [5, 5.41) is 9.66. The summed E-state index contributed by atoms with van der Waals surface area (Å²) in [6.45, 7) is 4.58. The molecular weight excluding hydrogens is 510 g/mol. The molecule has 11 nitrogen and oxygen atoms in total. The standard InChI is InChI=1S/C23H26ClN5O6S/c1-23(2,3)35-21(30)27-36(33,34)19-8-16(24)18(9-17(19)25)29(22(31)32)12-15-11-28-10-14(13-4-5-13)6-7-20(28)26-15/h6-11,13H,4-5,12,25H2,1-3H3,(H,27,30)(H,31,32). The number of benzene rings is 1. The first-order chi connectivity index (χ1) is 16.7. The zero-order valence-electron chi connectivity index (χ0n) is 19.9. The van der Waals surface area contributed by atoms with Crippen molar-refractivity contribution in [3.63, 3.8) is 0 Å². The minimum absolute atomic E-state index is 0.0337. The summed E-state index contributed by atoms with van der Waals surface area (Å²) in [6, 6.07) is 6.01. The molecule has 36 heavy (non-hydrogen) atoms. The molecule has 1 aromatic carbocycles. The highest BCUT2D eigenvalue weighted by Crippen LogP contribution is 2.40. The largest absolute Gasteiger partial charge is 0.465 e. The maximum Gasteiger partial charge on any atom is 0.421 e. The Morgan fingerprint density at radius 2 is 1.97 bits per heavy atom. The molecule has 0 spiro atoms. The van der Waals surface area contributed by atoms with E-state index in [1.54, 1.807) is 31.7 Å². The number of carbonyl (C=O) groups excluding carboxylic acids is 1. The van der Waals surface area contributed by atoms with Crippen LogP contribution in [0, 0.1) is 0 Å². The second-order valence-electron chi connectivity index (χ2n) is 9.55. The van der Waals surface area contributed by atoms with Crippen LogP contribution < -0.4 is 15.4 Å². The third kappa shape index (κ3) is 5.65. The van der Waals surface area contributed by atoms with E-state index in [2.05, 4.69) is 4.98 Å². The van der Waals surface area contributed by atoms with E-state index in [1.807, 2.05) is 22.7 Å². The van der Waals surface area contributed by atoms with Crippen LogP contribution in [0.25, 0.3) is 5.65 Å². The van der Waals surface area contributed by atoms with Crippen LogP contribution in [0.15, 0.2) is 41.6 Å². The molecule has 13 heteroatoms. The predicted octanol–water partition coefficient (Wildman–Crippen LogP) is 4.35. The fourth-order valence-electron chi connectivity index (χ4n) is 3.68. The van der Waals surface area contributed by atoms with Gasteiger partial charge < -0.3 is 20.0 Å². The number of hydrogen-bond acceptors (Lipinski definition) is 7. The Morgan fingerprint density at radius 3 is 2.58 bits per heavy atom. The number of ether oxygens (including phenoxy) is 1. The average Bonchev–Trinajstić information content (AvgIpc) is 3.51. The molecule has 0 aliphatic heterocycles. The molecule has 4 rings (SSSR count). The van der Waals surface area contributed by atoms with Crippen molar-refractivity contribution < 1.29 is 27.9 Å². The van der Waals surface area contributed by atoms with Crippen molar-refractivity contribution in [2.45, 2.75) is 56.6 Å². The highest BCUT2D eigenvalue weighted by Gasteiger charge is 2.28. The van der Waals surface area contributed by atoms with Gasteiger partial charge in [-0.15, -0.1) is 0 Å². The van der Waals surface area contributed by atoms with E-state index >= 15 is 0 Å². The Bertz CT molecular complexity index is 1460. The third-order valence-corrected chi connectivity index (χ3v) is 7.07. The van der Waals surface area contributed by atoms with Gasteiger partial charge in [0.1, 0.15) is 16.1 Å². The third-order valence-electron chi connectivity index (χ3n) is 5.40. The molecule has 192 valence electrons. The summed E-state index contributed by atoms with van der Waals surface area (Å²) in [5.41, 5.74) is 7.02. The number of carbonyl (C=O) groups is 2. The van der Waals surface area contributed by atoms with Crippen LogP contribution in [-0.2, 0) is 21.3 Å². The number of nitrogen functional groups attached to an aromatic ring is 1. The van der Waals surface area contributed by atoms with E-state index < -0.39 is 32.7 Å². The van der Waals surface area contributed by atoms with Crippen LogP contribution in [0.2, 0.25) is 5.02 Å². The fraction of sp³-hybridized carbons (Fsp3) is 0.348. The Morgan fingerprint density at radius 1 is 1.28 bits per heavy atom. The molecule has 0 bridgehead atoms. The van der Waals surface area contributed by atoms with Gasteiger partial charge >= 0.3 is 12.2 Å². The van der Waals surface area contributed by atoms with Gasteiger partial charge in [-0.1, -0.05) is 17.7 Å².